The molecule has 3 heterocycles. The number of rotatable bonds is 5. The summed E-state index contributed by atoms with van der Waals surface area (Å²) in [5.74, 6) is -0.521. The second-order valence-corrected chi connectivity index (χ2v) is 8.98. The van der Waals surface area contributed by atoms with Crippen molar-refractivity contribution in [3.8, 4) is 17.1 Å². The lowest BCUT2D eigenvalue weighted by atomic mass is 10.1. The minimum absolute atomic E-state index is 0.0578. The van der Waals surface area contributed by atoms with Gasteiger partial charge in [-0.15, -0.1) is 0 Å². The summed E-state index contributed by atoms with van der Waals surface area (Å²) in [5.41, 5.74) is 0.882. The molecule has 1 aliphatic rings. The van der Waals surface area contributed by atoms with E-state index < -0.39 is 27.6 Å². The van der Waals surface area contributed by atoms with E-state index in [0.717, 1.165) is 0 Å². The molecule has 0 spiro atoms. The number of aryl methyl sites for hydroxylation is 1. The Morgan fingerprint density at radius 2 is 2.21 bits per heavy atom. The van der Waals surface area contributed by atoms with Gasteiger partial charge in [-0.3, -0.25) is 4.79 Å². The van der Waals surface area contributed by atoms with Crippen LogP contribution in [0.4, 0.5) is 4.39 Å². The molecule has 29 heavy (non-hydrogen) atoms. The second kappa shape index (κ2) is 7.39. The van der Waals surface area contributed by atoms with Gasteiger partial charge in [0.1, 0.15) is 22.7 Å². The fraction of sp³-hybridized carbons (Fsp3) is 0.333. The van der Waals surface area contributed by atoms with Crippen molar-refractivity contribution in [3.63, 3.8) is 0 Å². The predicted molar refractivity (Wildman–Crippen MR) is 100 cm³/mol. The normalized spacial score (nSPS) is 18.1. The number of ether oxygens (including phenoxy) is 1. The molecule has 0 bridgehead atoms. The SMILES string of the molecule is Cc1nc(OCC(=O)N[C@H]2CCS(=O)(=O)C2)c2c(-c3cccc(F)c3)noc2n1. The predicted octanol–water partition coefficient (Wildman–Crippen LogP) is 1.41. The number of fused-ring (bicyclic) bond motifs is 1. The minimum atomic E-state index is -3.10. The van der Waals surface area contributed by atoms with Gasteiger partial charge in [0, 0.05) is 11.6 Å². The largest absolute Gasteiger partial charge is 0.467 e. The van der Waals surface area contributed by atoms with Crippen molar-refractivity contribution in [3.05, 3.63) is 35.9 Å². The standard InChI is InChI=1S/C18H17FN4O5S/c1-10-20-17(27-8-14(24)22-13-5-6-29(25,26)9-13)15-16(23-28-18(15)21-10)11-3-2-4-12(19)7-11/h2-4,7,13H,5-6,8-9H2,1H3,(H,22,24)/t13-/m0/s1. The van der Waals surface area contributed by atoms with Crippen LogP contribution in [0.5, 0.6) is 5.88 Å². The van der Waals surface area contributed by atoms with Crippen molar-refractivity contribution >= 4 is 26.8 Å². The third-order valence-electron chi connectivity index (χ3n) is 4.45. The quantitative estimate of drug-likeness (QED) is 0.657. The van der Waals surface area contributed by atoms with E-state index in [0.29, 0.717) is 23.2 Å². The van der Waals surface area contributed by atoms with Crippen LogP contribution in [-0.2, 0) is 14.6 Å². The molecule has 3 aromatic rings. The van der Waals surface area contributed by atoms with Gasteiger partial charge in [-0.1, -0.05) is 17.3 Å². The summed E-state index contributed by atoms with van der Waals surface area (Å²) in [5, 5.41) is 6.90. The summed E-state index contributed by atoms with van der Waals surface area (Å²) in [4.78, 5) is 20.5. The van der Waals surface area contributed by atoms with Crippen LogP contribution < -0.4 is 10.1 Å². The van der Waals surface area contributed by atoms with Crippen LogP contribution in [-0.4, -0.2) is 53.6 Å². The topological polar surface area (TPSA) is 124 Å². The van der Waals surface area contributed by atoms with E-state index in [4.69, 9.17) is 9.26 Å². The van der Waals surface area contributed by atoms with Gasteiger partial charge in [-0.2, -0.15) is 9.97 Å². The highest BCUT2D eigenvalue weighted by molar-refractivity contribution is 7.91. The summed E-state index contributed by atoms with van der Waals surface area (Å²) in [7, 11) is -3.10. The maximum Gasteiger partial charge on any atom is 0.265 e. The highest BCUT2D eigenvalue weighted by Crippen LogP contribution is 2.33. The van der Waals surface area contributed by atoms with E-state index in [9.17, 15) is 17.6 Å². The highest BCUT2D eigenvalue weighted by atomic mass is 32.2. The lowest BCUT2D eigenvalue weighted by Crippen LogP contribution is -2.38. The first-order valence-electron chi connectivity index (χ1n) is 8.83. The van der Waals surface area contributed by atoms with Gasteiger partial charge in [0.15, 0.2) is 16.4 Å². The molecule has 1 amide bonds. The van der Waals surface area contributed by atoms with E-state index in [-0.39, 0.29) is 35.4 Å². The van der Waals surface area contributed by atoms with Crippen molar-refractivity contribution in [2.24, 2.45) is 0 Å². The molecule has 1 aromatic carbocycles. The molecular weight excluding hydrogens is 403 g/mol. The molecule has 0 aliphatic carbocycles. The number of benzene rings is 1. The number of hydrogen-bond acceptors (Lipinski definition) is 8. The summed E-state index contributed by atoms with van der Waals surface area (Å²) in [6.45, 7) is 1.25. The number of carbonyl (C=O) groups excluding carboxylic acids is 1. The molecule has 4 rings (SSSR count). The van der Waals surface area contributed by atoms with E-state index in [1.807, 2.05) is 0 Å². The van der Waals surface area contributed by atoms with Crippen LogP contribution in [0.25, 0.3) is 22.4 Å². The molecule has 1 aliphatic heterocycles. The van der Waals surface area contributed by atoms with Crippen molar-refractivity contribution < 1.29 is 26.9 Å². The molecule has 9 nitrogen and oxygen atoms in total. The lowest BCUT2D eigenvalue weighted by Gasteiger charge is -2.12. The third kappa shape index (κ3) is 4.19. The molecular formula is C18H17FN4O5S. The molecule has 1 N–H and O–H groups in total. The number of nitrogens with one attached hydrogen (secondary N) is 1. The number of hydrogen-bond donors (Lipinski definition) is 1. The Kier molecular flexibility index (Phi) is 4.91. The van der Waals surface area contributed by atoms with E-state index in [2.05, 4.69) is 20.4 Å². The number of halogens is 1. The van der Waals surface area contributed by atoms with Crippen LogP contribution in [0.2, 0.25) is 0 Å². The summed E-state index contributed by atoms with van der Waals surface area (Å²) >= 11 is 0. The third-order valence-corrected chi connectivity index (χ3v) is 6.22. The zero-order valence-electron chi connectivity index (χ0n) is 15.4. The van der Waals surface area contributed by atoms with Crippen molar-refractivity contribution in [1.82, 2.24) is 20.4 Å². The van der Waals surface area contributed by atoms with Gasteiger partial charge in [-0.25, -0.2) is 12.8 Å². The maximum atomic E-state index is 13.6. The van der Waals surface area contributed by atoms with Crippen LogP contribution >= 0.6 is 0 Å². The minimum Gasteiger partial charge on any atom is -0.467 e. The Morgan fingerprint density at radius 1 is 1.38 bits per heavy atom. The van der Waals surface area contributed by atoms with Crippen molar-refractivity contribution in [2.45, 2.75) is 19.4 Å². The van der Waals surface area contributed by atoms with E-state index in [1.54, 1.807) is 13.0 Å². The molecule has 2 aromatic heterocycles. The Hall–Kier alpha value is -3.08. The number of sulfone groups is 1. The van der Waals surface area contributed by atoms with Gasteiger partial charge >= 0.3 is 0 Å². The van der Waals surface area contributed by atoms with Crippen LogP contribution in [0.3, 0.4) is 0 Å². The molecule has 1 saturated heterocycles. The highest BCUT2D eigenvalue weighted by Gasteiger charge is 2.29. The summed E-state index contributed by atoms with van der Waals surface area (Å²) in [6, 6.07) is 5.34. The van der Waals surface area contributed by atoms with Gasteiger partial charge < -0.3 is 14.6 Å². The van der Waals surface area contributed by atoms with Crippen LogP contribution in [0, 0.1) is 12.7 Å². The fourth-order valence-electron chi connectivity index (χ4n) is 3.17. The summed E-state index contributed by atoms with van der Waals surface area (Å²) < 4.78 is 47.4. The molecule has 11 heteroatoms. The van der Waals surface area contributed by atoms with Crippen LogP contribution in [0.1, 0.15) is 12.2 Å². The van der Waals surface area contributed by atoms with Crippen molar-refractivity contribution in [2.75, 3.05) is 18.1 Å². The van der Waals surface area contributed by atoms with E-state index in [1.165, 1.54) is 18.2 Å². The maximum absolute atomic E-state index is 13.6. The monoisotopic (exact) mass is 420 g/mol. The molecule has 1 atom stereocenters. The molecule has 0 saturated carbocycles. The Bertz CT molecular complexity index is 1190. The van der Waals surface area contributed by atoms with E-state index >= 15 is 0 Å². The zero-order valence-corrected chi connectivity index (χ0v) is 16.2. The number of amides is 1. The molecule has 0 unspecified atom stereocenters. The molecule has 1 fully saturated rings. The average Bonchev–Trinajstić information content (AvgIpc) is 3.22. The van der Waals surface area contributed by atoms with Gasteiger partial charge in [0.25, 0.3) is 11.6 Å². The smallest absolute Gasteiger partial charge is 0.265 e. The Labute approximate surface area is 165 Å². The first-order valence-corrected chi connectivity index (χ1v) is 10.7. The molecule has 152 valence electrons. The Balaban J connectivity index is 1.57. The number of nitrogens with zero attached hydrogens (tertiary/aromatic N) is 3. The van der Waals surface area contributed by atoms with Gasteiger partial charge in [0.2, 0.25) is 5.88 Å². The zero-order chi connectivity index (χ0) is 20.6. The first kappa shape index (κ1) is 19.2. The van der Waals surface area contributed by atoms with Crippen molar-refractivity contribution in [1.29, 1.82) is 0 Å². The van der Waals surface area contributed by atoms with Gasteiger partial charge in [-0.05, 0) is 25.5 Å². The first-order chi connectivity index (χ1) is 13.8. The molecule has 0 radical (unpaired) electrons. The second-order valence-electron chi connectivity index (χ2n) is 6.75. The summed E-state index contributed by atoms with van der Waals surface area (Å²) in [6.07, 6.45) is 0.375. The van der Waals surface area contributed by atoms with Crippen LogP contribution in [0.15, 0.2) is 28.8 Å². The number of aromatic nitrogens is 3. The van der Waals surface area contributed by atoms with Gasteiger partial charge in [0.05, 0.1) is 11.5 Å². The number of carbonyl (C=O) groups is 1. The fourth-order valence-corrected chi connectivity index (χ4v) is 4.85. The lowest BCUT2D eigenvalue weighted by molar-refractivity contribution is -0.123. The Morgan fingerprint density at radius 3 is 2.93 bits per heavy atom. The average molecular weight is 420 g/mol.